The summed E-state index contributed by atoms with van der Waals surface area (Å²) in [4.78, 5) is 28.1. The van der Waals surface area contributed by atoms with Crippen molar-refractivity contribution in [2.75, 3.05) is 5.32 Å². The first-order valence-corrected chi connectivity index (χ1v) is 8.77. The highest BCUT2D eigenvalue weighted by atomic mass is 16.2. The average molecular weight is 337 g/mol. The second-order valence-electron chi connectivity index (χ2n) is 6.50. The van der Waals surface area contributed by atoms with Crippen LogP contribution in [0.5, 0.6) is 0 Å². The van der Waals surface area contributed by atoms with Gasteiger partial charge in [0.2, 0.25) is 0 Å². The third-order valence-electron chi connectivity index (χ3n) is 4.49. The lowest BCUT2D eigenvalue weighted by molar-refractivity contribution is 0.0922. The van der Waals surface area contributed by atoms with Crippen molar-refractivity contribution in [3.05, 3.63) is 53.9 Å². The number of nitrogens with one attached hydrogen (secondary N) is 2. The van der Waals surface area contributed by atoms with Gasteiger partial charge in [0.15, 0.2) is 5.78 Å². The summed E-state index contributed by atoms with van der Waals surface area (Å²) in [7, 11) is 0. The molecule has 0 radical (unpaired) electrons. The topological polar surface area (TPSA) is 71.1 Å². The number of aromatic nitrogens is 1. The molecule has 3 rings (SSSR count). The van der Waals surface area contributed by atoms with Gasteiger partial charge in [-0.05, 0) is 44.0 Å². The normalized spacial score (nSPS) is 14.8. The molecular formula is C20H23N3O2. The Kier molecular flexibility index (Phi) is 5.43. The Bertz CT molecular complexity index is 767. The highest BCUT2D eigenvalue weighted by Crippen LogP contribution is 2.20. The summed E-state index contributed by atoms with van der Waals surface area (Å²) in [5.41, 5.74) is 2.62. The number of carbonyl (C=O) groups excluding carboxylic acids is 2. The fraction of sp³-hybridized carbons (Fsp3) is 0.350. The van der Waals surface area contributed by atoms with Crippen molar-refractivity contribution in [3.8, 4) is 0 Å². The van der Waals surface area contributed by atoms with Crippen LogP contribution < -0.4 is 10.6 Å². The number of hydrogen-bond donors (Lipinski definition) is 2. The molecule has 0 bridgehead atoms. The van der Waals surface area contributed by atoms with Gasteiger partial charge in [0.1, 0.15) is 5.69 Å². The van der Waals surface area contributed by atoms with Crippen LogP contribution >= 0.6 is 0 Å². The van der Waals surface area contributed by atoms with Crippen molar-refractivity contribution < 1.29 is 9.59 Å². The summed E-state index contributed by atoms with van der Waals surface area (Å²) in [5.74, 6) is -0.112. The Morgan fingerprint density at radius 3 is 2.56 bits per heavy atom. The maximum absolute atomic E-state index is 12.4. The summed E-state index contributed by atoms with van der Waals surface area (Å²) >= 11 is 0. The monoisotopic (exact) mass is 337 g/mol. The van der Waals surface area contributed by atoms with Gasteiger partial charge in [0.05, 0.1) is 0 Å². The predicted molar refractivity (Wildman–Crippen MR) is 98.3 cm³/mol. The van der Waals surface area contributed by atoms with Crippen molar-refractivity contribution in [2.24, 2.45) is 0 Å². The molecule has 1 aromatic carbocycles. The van der Waals surface area contributed by atoms with Gasteiger partial charge in [-0.2, -0.15) is 0 Å². The largest absolute Gasteiger partial charge is 0.355 e. The highest BCUT2D eigenvalue weighted by molar-refractivity contribution is 5.95. The molecule has 0 saturated heterocycles. The predicted octanol–water partition coefficient (Wildman–Crippen LogP) is 4.09. The van der Waals surface area contributed by atoms with Crippen molar-refractivity contribution in [3.63, 3.8) is 0 Å². The number of carbonyl (C=O) groups is 2. The van der Waals surface area contributed by atoms with E-state index in [1.54, 1.807) is 37.4 Å². The average Bonchev–Trinajstić information content (AvgIpc) is 2.63. The number of ketones is 1. The van der Waals surface area contributed by atoms with Crippen LogP contribution in [0.1, 0.15) is 59.9 Å². The Morgan fingerprint density at radius 2 is 1.80 bits per heavy atom. The van der Waals surface area contributed by atoms with E-state index in [1.807, 2.05) is 12.1 Å². The van der Waals surface area contributed by atoms with Gasteiger partial charge in [0.25, 0.3) is 5.91 Å². The van der Waals surface area contributed by atoms with Crippen molar-refractivity contribution in [1.82, 2.24) is 10.3 Å². The van der Waals surface area contributed by atoms with Gasteiger partial charge in [-0.1, -0.05) is 31.4 Å². The number of anilines is 2. The maximum Gasteiger partial charge on any atom is 0.270 e. The zero-order valence-electron chi connectivity index (χ0n) is 14.4. The van der Waals surface area contributed by atoms with E-state index >= 15 is 0 Å². The zero-order valence-corrected chi connectivity index (χ0v) is 14.4. The summed E-state index contributed by atoms with van der Waals surface area (Å²) in [5, 5.41) is 6.30. The molecule has 0 aliphatic heterocycles. The van der Waals surface area contributed by atoms with Crippen molar-refractivity contribution in [1.29, 1.82) is 0 Å². The number of amides is 1. The second-order valence-corrected chi connectivity index (χ2v) is 6.50. The highest BCUT2D eigenvalue weighted by Gasteiger charge is 2.17. The van der Waals surface area contributed by atoms with Crippen LogP contribution in [-0.2, 0) is 0 Å². The molecule has 1 heterocycles. The molecule has 0 unspecified atom stereocenters. The lowest BCUT2D eigenvalue weighted by Gasteiger charge is -2.22. The molecule has 1 fully saturated rings. The molecule has 5 heteroatoms. The van der Waals surface area contributed by atoms with E-state index in [1.165, 1.54) is 19.3 Å². The van der Waals surface area contributed by atoms with Crippen LogP contribution in [0, 0.1) is 0 Å². The van der Waals surface area contributed by atoms with Crippen molar-refractivity contribution in [2.45, 2.75) is 45.1 Å². The first kappa shape index (κ1) is 17.1. The molecular weight excluding hydrogens is 314 g/mol. The first-order chi connectivity index (χ1) is 12.1. The van der Waals surface area contributed by atoms with Gasteiger partial charge >= 0.3 is 0 Å². The van der Waals surface area contributed by atoms with Gasteiger partial charge in [0, 0.05) is 29.2 Å². The molecule has 1 aromatic heterocycles. The standard InChI is InChI=1S/C20H23N3O2/c1-14(24)15-6-5-9-17(12-15)22-18-10-11-21-19(13-18)20(25)23-16-7-3-2-4-8-16/h5-6,9-13,16H,2-4,7-8H2,1H3,(H,21,22)(H,23,25). The maximum atomic E-state index is 12.4. The van der Waals surface area contributed by atoms with E-state index in [9.17, 15) is 9.59 Å². The smallest absolute Gasteiger partial charge is 0.270 e. The van der Waals surface area contributed by atoms with E-state index in [0.29, 0.717) is 11.3 Å². The van der Waals surface area contributed by atoms with Crippen molar-refractivity contribution >= 4 is 23.1 Å². The van der Waals surface area contributed by atoms with Gasteiger partial charge < -0.3 is 10.6 Å². The summed E-state index contributed by atoms with van der Waals surface area (Å²) in [6.45, 7) is 1.54. The van der Waals surface area contributed by atoms with Gasteiger partial charge in [-0.15, -0.1) is 0 Å². The Morgan fingerprint density at radius 1 is 1.04 bits per heavy atom. The molecule has 2 aromatic rings. The third-order valence-corrected chi connectivity index (χ3v) is 4.49. The van der Waals surface area contributed by atoms with E-state index in [-0.39, 0.29) is 17.7 Å². The molecule has 0 spiro atoms. The number of rotatable bonds is 5. The van der Waals surface area contributed by atoms with Crippen LogP contribution in [0.25, 0.3) is 0 Å². The summed E-state index contributed by atoms with van der Waals surface area (Å²) in [6.07, 6.45) is 7.30. The van der Waals surface area contributed by atoms with Gasteiger partial charge in [-0.25, -0.2) is 0 Å². The number of benzene rings is 1. The SMILES string of the molecule is CC(=O)c1cccc(Nc2ccnc(C(=O)NC3CCCCC3)c2)c1. The zero-order chi connectivity index (χ0) is 17.6. The third kappa shape index (κ3) is 4.66. The van der Waals surface area contributed by atoms with Crippen LogP contribution in [0.4, 0.5) is 11.4 Å². The lowest BCUT2D eigenvalue weighted by Crippen LogP contribution is -2.36. The van der Waals surface area contributed by atoms with Crippen LogP contribution in [-0.4, -0.2) is 22.7 Å². The Hall–Kier alpha value is -2.69. The Balaban J connectivity index is 1.69. The Labute approximate surface area is 147 Å². The van der Waals surface area contributed by atoms with Crippen LogP contribution in [0.15, 0.2) is 42.6 Å². The summed E-state index contributed by atoms with van der Waals surface area (Å²) < 4.78 is 0. The number of nitrogens with zero attached hydrogens (tertiary/aromatic N) is 1. The minimum absolute atomic E-state index is 0.0194. The molecule has 2 N–H and O–H groups in total. The quantitative estimate of drug-likeness (QED) is 0.806. The molecule has 1 saturated carbocycles. The minimum Gasteiger partial charge on any atom is -0.355 e. The summed E-state index contributed by atoms with van der Waals surface area (Å²) in [6, 6.07) is 11.1. The molecule has 25 heavy (non-hydrogen) atoms. The molecule has 0 atom stereocenters. The van der Waals surface area contributed by atoms with Crippen LogP contribution in [0.3, 0.4) is 0 Å². The van der Waals surface area contributed by atoms with E-state index < -0.39 is 0 Å². The van der Waals surface area contributed by atoms with E-state index in [0.717, 1.165) is 24.2 Å². The minimum atomic E-state index is -0.131. The number of pyridine rings is 1. The number of hydrogen-bond acceptors (Lipinski definition) is 4. The second kappa shape index (κ2) is 7.92. The van der Waals surface area contributed by atoms with E-state index in [2.05, 4.69) is 15.6 Å². The van der Waals surface area contributed by atoms with E-state index in [4.69, 9.17) is 0 Å². The molecule has 1 aliphatic rings. The molecule has 1 amide bonds. The van der Waals surface area contributed by atoms with Crippen LogP contribution in [0.2, 0.25) is 0 Å². The fourth-order valence-corrected chi connectivity index (χ4v) is 3.12. The molecule has 5 nitrogen and oxygen atoms in total. The molecule has 1 aliphatic carbocycles. The van der Waals surface area contributed by atoms with Gasteiger partial charge in [-0.3, -0.25) is 14.6 Å². The lowest BCUT2D eigenvalue weighted by atomic mass is 9.95. The fourth-order valence-electron chi connectivity index (χ4n) is 3.12. The first-order valence-electron chi connectivity index (χ1n) is 8.77. The molecule has 130 valence electrons. The number of Topliss-reactive ketones (excluding diaryl/α,β-unsaturated/α-hetero) is 1.